The number of nitrogens with zero attached hydrogens (tertiary/aromatic N) is 1. The van der Waals surface area contributed by atoms with Crippen molar-refractivity contribution in [1.82, 2.24) is 4.90 Å². The summed E-state index contributed by atoms with van der Waals surface area (Å²) in [6, 6.07) is 5.58. The highest BCUT2D eigenvalue weighted by Crippen LogP contribution is 2.20. The lowest BCUT2D eigenvalue weighted by Gasteiger charge is -2.27. The van der Waals surface area contributed by atoms with E-state index in [9.17, 15) is 4.79 Å². The van der Waals surface area contributed by atoms with Crippen LogP contribution in [0.5, 0.6) is 0 Å². The SMILES string of the molecule is COCC1=CCN(C(=O)c2cccc(C)c2N)CC1. The van der Waals surface area contributed by atoms with Gasteiger partial charge in [-0.25, -0.2) is 0 Å². The molecule has 0 spiro atoms. The Kier molecular flexibility index (Phi) is 4.22. The fraction of sp³-hybridized carbons (Fsp3) is 0.400. The maximum Gasteiger partial charge on any atom is 0.256 e. The van der Waals surface area contributed by atoms with Crippen molar-refractivity contribution in [3.8, 4) is 0 Å². The second-order valence-corrected chi connectivity index (χ2v) is 4.83. The molecule has 0 saturated carbocycles. The number of amides is 1. The van der Waals surface area contributed by atoms with E-state index in [1.54, 1.807) is 13.2 Å². The molecule has 0 atom stereocenters. The average molecular weight is 260 g/mol. The third-order valence-electron chi connectivity index (χ3n) is 3.47. The van der Waals surface area contributed by atoms with E-state index in [0.29, 0.717) is 24.4 Å². The summed E-state index contributed by atoms with van der Waals surface area (Å²) in [5.74, 6) is 0.00826. The average Bonchev–Trinajstić information content (AvgIpc) is 2.42. The second-order valence-electron chi connectivity index (χ2n) is 4.83. The van der Waals surface area contributed by atoms with E-state index in [4.69, 9.17) is 10.5 Å². The summed E-state index contributed by atoms with van der Waals surface area (Å²) in [6.45, 7) is 3.92. The van der Waals surface area contributed by atoms with Crippen LogP contribution in [0.25, 0.3) is 0 Å². The molecule has 0 radical (unpaired) electrons. The van der Waals surface area contributed by atoms with E-state index in [1.807, 2.05) is 24.0 Å². The molecule has 1 aromatic rings. The van der Waals surface area contributed by atoms with Gasteiger partial charge < -0.3 is 15.4 Å². The first-order valence-electron chi connectivity index (χ1n) is 6.44. The summed E-state index contributed by atoms with van der Waals surface area (Å²) in [7, 11) is 1.69. The molecule has 0 bridgehead atoms. The molecule has 0 unspecified atom stereocenters. The van der Waals surface area contributed by atoms with Crippen molar-refractivity contribution in [2.75, 3.05) is 32.5 Å². The van der Waals surface area contributed by atoms with Gasteiger partial charge in [-0.15, -0.1) is 0 Å². The summed E-state index contributed by atoms with van der Waals surface area (Å²) in [5, 5.41) is 0. The van der Waals surface area contributed by atoms with E-state index in [-0.39, 0.29) is 5.91 Å². The zero-order valence-corrected chi connectivity index (χ0v) is 11.5. The zero-order valence-electron chi connectivity index (χ0n) is 11.5. The maximum atomic E-state index is 12.4. The van der Waals surface area contributed by atoms with Crippen molar-refractivity contribution in [2.45, 2.75) is 13.3 Å². The Labute approximate surface area is 113 Å². The number of para-hydroxylation sites is 1. The molecule has 0 aromatic heterocycles. The molecule has 102 valence electrons. The van der Waals surface area contributed by atoms with Gasteiger partial charge in [0.15, 0.2) is 0 Å². The second kappa shape index (κ2) is 5.89. The van der Waals surface area contributed by atoms with Crippen LogP contribution in [-0.2, 0) is 4.74 Å². The van der Waals surface area contributed by atoms with Gasteiger partial charge >= 0.3 is 0 Å². The number of anilines is 1. The van der Waals surface area contributed by atoms with E-state index >= 15 is 0 Å². The first-order chi connectivity index (χ1) is 9.13. The molecule has 2 N–H and O–H groups in total. The smallest absolute Gasteiger partial charge is 0.256 e. The third-order valence-corrected chi connectivity index (χ3v) is 3.47. The number of benzene rings is 1. The van der Waals surface area contributed by atoms with Crippen molar-refractivity contribution in [2.24, 2.45) is 0 Å². The lowest BCUT2D eigenvalue weighted by Crippen LogP contribution is -2.35. The largest absolute Gasteiger partial charge is 0.398 e. The molecule has 0 saturated heterocycles. The predicted octanol–water partition coefficient (Wildman–Crippen LogP) is 2.00. The molecule has 0 aliphatic carbocycles. The standard InChI is InChI=1S/C15H20N2O2/c1-11-4-3-5-13(14(11)16)15(18)17-8-6-12(7-9-17)10-19-2/h3-6H,7-10,16H2,1-2H3. The number of carbonyl (C=O) groups is 1. The van der Waals surface area contributed by atoms with Crippen LogP contribution in [0.15, 0.2) is 29.8 Å². The maximum absolute atomic E-state index is 12.4. The normalized spacial score (nSPS) is 15.3. The van der Waals surface area contributed by atoms with E-state index < -0.39 is 0 Å². The Morgan fingerprint density at radius 2 is 2.26 bits per heavy atom. The summed E-state index contributed by atoms with van der Waals surface area (Å²) >= 11 is 0. The highest BCUT2D eigenvalue weighted by atomic mass is 16.5. The Bertz CT molecular complexity index is 509. The number of aryl methyl sites for hydroxylation is 1. The Morgan fingerprint density at radius 3 is 2.89 bits per heavy atom. The van der Waals surface area contributed by atoms with Gasteiger partial charge in [0.1, 0.15) is 0 Å². The molecule has 1 amide bonds. The molecule has 1 aromatic carbocycles. The number of hydrogen-bond acceptors (Lipinski definition) is 3. The molecule has 0 fully saturated rings. The molecule has 2 rings (SSSR count). The van der Waals surface area contributed by atoms with Crippen molar-refractivity contribution in [3.63, 3.8) is 0 Å². The molecule has 4 nitrogen and oxygen atoms in total. The molecule has 1 aliphatic rings. The van der Waals surface area contributed by atoms with Crippen LogP contribution < -0.4 is 5.73 Å². The Hall–Kier alpha value is -1.81. The summed E-state index contributed by atoms with van der Waals surface area (Å²) < 4.78 is 5.10. The number of methoxy groups -OCH3 is 1. The van der Waals surface area contributed by atoms with Gasteiger partial charge in [0.05, 0.1) is 12.2 Å². The first-order valence-corrected chi connectivity index (χ1v) is 6.44. The lowest BCUT2D eigenvalue weighted by molar-refractivity contribution is 0.0766. The van der Waals surface area contributed by atoms with Crippen LogP contribution in [0.4, 0.5) is 5.69 Å². The fourth-order valence-electron chi connectivity index (χ4n) is 2.25. The molecular weight excluding hydrogens is 240 g/mol. The minimum Gasteiger partial charge on any atom is -0.398 e. The zero-order chi connectivity index (χ0) is 13.8. The number of nitrogen functional groups attached to an aromatic ring is 1. The van der Waals surface area contributed by atoms with Crippen LogP contribution in [0.3, 0.4) is 0 Å². The van der Waals surface area contributed by atoms with Crippen molar-refractivity contribution >= 4 is 11.6 Å². The first kappa shape index (κ1) is 13.6. The van der Waals surface area contributed by atoms with Crippen LogP contribution in [0.2, 0.25) is 0 Å². The van der Waals surface area contributed by atoms with Gasteiger partial charge in [-0.2, -0.15) is 0 Å². The molecule has 4 heteroatoms. The molecule has 1 heterocycles. The van der Waals surface area contributed by atoms with Gasteiger partial charge in [0.2, 0.25) is 0 Å². The fourth-order valence-corrected chi connectivity index (χ4v) is 2.25. The van der Waals surface area contributed by atoms with Gasteiger partial charge in [-0.3, -0.25) is 4.79 Å². The number of carbonyl (C=O) groups excluding carboxylic acids is 1. The number of nitrogens with two attached hydrogens (primary N) is 1. The highest BCUT2D eigenvalue weighted by molar-refractivity contribution is 5.99. The summed E-state index contributed by atoms with van der Waals surface area (Å²) in [5.41, 5.74) is 9.36. The van der Waals surface area contributed by atoms with Gasteiger partial charge in [0, 0.05) is 25.9 Å². The lowest BCUT2D eigenvalue weighted by atomic mass is 10.0. The molecule has 1 aliphatic heterocycles. The van der Waals surface area contributed by atoms with Gasteiger partial charge in [-0.05, 0) is 30.5 Å². The topological polar surface area (TPSA) is 55.6 Å². The summed E-state index contributed by atoms with van der Waals surface area (Å²) in [4.78, 5) is 14.2. The van der Waals surface area contributed by atoms with Gasteiger partial charge in [-0.1, -0.05) is 18.2 Å². The van der Waals surface area contributed by atoms with Gasteiger partial charge in [0.25, 0.3) is 5.91 Å². The van der Waals surface area contributed by atoms with Crippen LogP contribution in [0.1, 0.15) is 22.3 Å². The van der Waals surface area contributed by atoms with E-state index in [1.165, 1.54) is 5.57 Å². The Morgan fingerprint density at radius 1 is 1.47 bits per heavy atom. The number of rotatable bonds is 3. The number of ether oxygens (including phenoxy) is 1. The quantitative estimate of drug-likeness (QED) is 0.668. The Balaban J connectivity index is 2.12. The van der Waals surface area contributed by atoms with Crippen LogP contribution in [0, 0.1) is 6.92 Å². The van der Waals surface area contributed by atoms with Crippen LogP contribution in [-0.4, -0.2) is 37.6 Å². The monoisotopic (exact) mass is 260 g/mol. The van der Waals surface area contributed by atoms with Crippen molar-refractivity contribution in [3.05, 3.63) is 41.0 Å². The predicted molar refractivity (Wildman–Crippen MR) is 76.1 cm³/mol. The van der Waals surface area contributed by atoms with Crippen LogP contribution >= 0.6 is 0 Å². The van der Waals surface area contributed by atoms with E-state index in [0.717, 1.165) is 18.5 Å². The minimum absolute atomic E-state index is 0.00826. The molecular formula is C15H20N2O2. The summed E-state index contributed by atoms with van der Waals surface area (Å²) in [6.07, 6.45) is 2.93. The molecule has 19 heavy (non-hydrogen) atoms. The highest BCUT2D eigenvalue weighted by Gasteiger charge is 2.20. The number of hydrogen-bond donors (Lipinski definition) is 1. The van der Waals surface area contributed by atoms with Crippen molar-refractivity contribution < 1.29 is 9.53 Å². The minimum atomic E-state index is 0.00826. The third kappa shape index (κ3) is 2.96. The van der Waals surface area contributed by atoms with Crippen molar-refractivity contribution in [1.29, 1.82) is 0 Å². The van der Waals surface area contributed by atoms with E-state index in [2.05, 4.69) is 6.08 Å².